The molecule has 1 unspecified atom stereocenters. The number of nitriles is 1. The van der Waals surface area contributed by atoms with Gasteiger partial charge in [-0.2, -0.15) is 18.4 Å². The third-order valence-electron chi connectivity index (χ3n) is 6.11. The molecule has 2 N–H and O–H groups in total. The van der Waals surface area contributed by atoms with Crippen molar-refractivity contribution >= 4 is 23.4 Å². The summed E-state index contributed by atoms with van der Waals surface area (Å²) in [4.78, 5) is 20.7. The standard InChI is InChI=1S/C27H25F3N6O/c1-19-8-5-6-13-23(19)34-25(32-18-31)35-14-15-36(24(17-35)20-9-3-2-4-10-20)26(37)33-22-12-7-11-21(16-22)27(28,29)30/h2-13,16,24H,14-15,17H2,1H3,(H,32,34)(H,33,37). The number of hydrogen-bond donors (Lipinski definition) is 2. The molecule has 190 valence electrons. The van der Waals surface area contributed by atoms with Gasteiger partial charge in [0.1, 0.15) is 0 Å². The SMILES string of the molecule is Cc1ccccc1N/C(=N/C#N)N1CCN(C(=O)Nc2cccc(C(F)(F)F)c2)C(c2ccccc2)C1. The predicted molar refractivity (Wildman–Crippen MR) is 136 cm³/mol. The van der Waals surface area contributed by atoms with Gasteiger partial charge in [0.25, 0.3) is 0 Å². The largest absolute Gasteiger partial charge is 0.416 e. The van der Waals surface area contributed by atoms with Crippen molar-refractivity contribution in [2.75, 3.05) is 30.3 Å². The molecule has 0 saturated carbocycles. The Kier molecular flexibility index (Phi) is 7.63. The number of para-hydroxylation sites is 1. The van der Waals surface area contributed by atoms with Crippen molar-refractivity contribution in [3.05, 3.63) is 95.6 Å². The number of rotatable bonds is 3. The summed E-state index contributed by atoms with van der Waals surface area (Å²) in [7, 11) is 0. The lowest BCUT2D eigenvalue weighted by atomic mass is 10.0. The molecule has 0 aromatic heterocycles. The number of halogens is 3. The van der Waals surface area contributed by atoms with E-state index in [2.05, 4.69) is 15.6 Å². The van der Waals surface area contributed by atoms with Crippen molar-refractivity contribution in [1.82, 2.24) is 9.80 Å². The first-order valence-electron chi connectivity index (χ1n) is 11.6. The van der Waals surface area contributed by atoms with Crippen molar-refractivity contribution < 1.29 is 18.0 Å². The van der Waals surface area contributed by atoms with Gasteiger partial charge in [0.2, 0.25) is 12.2 Å². The molecule has 1 aliphatic rings. The number of benzene rings is 3. The molecular formula is C27H25F3N6O. The summed E-state index contributed by atoms with van der Waals surface area (Å²) in [5.74, 6) is 0.357. The van der Waals surface area contributed by atoms with Crippen molar-refractivity contribution in [2.24, 2.45) is 4.99 Å². The van der Waals surface area contributed by atoms with E-state index in [1.807, 2.05) is 72.6 Å². The summed E-state index contributed by atoms with van der Waals surface area (Å²) in [5, 5.41) is 15.2. The van der Waals surface area contributed by atoms with Crippen LogP contribution in [0.2, 0.25) is 0 Å². The van der Waals surface area contributed by atoms with Gasteiger partial charge in [-0.25, -0.2) is 4.79 Å². The number of alkyl halides is 3. The van der Waals surface area contributed by atoms with Crippen molar-refractivity contribution in [2.45, 2.75) is 19.1 Å². The quantitative estimate of drug-likeness (QED) is 0.265. The molecular weight excluding hydrogens is 481 g/mol. The lowest BCUT2D eigenvalue weighted by Gasteiger charge is -2.42. The van der Waals surface area contributed by atoms with E-state index in [1.54, 1.807) is 4.90 Å². The number of urea groups is 1. The molecule has 3 aromatic rings. The minimum absolute atomic E-state index is 0.0574. The molecule has 1 aliphatic heterocycles. The van der Waals surface area contributed by atoms with Gasteiger partial charge >= 0.3 is 12.2 Å². The summed E-state index contributed by atoms with van der Waals surface area (Å²) < 4.78 is 39.4. The molecule has 10 heteroatoms. The Hall–Kier alpha value is -4.52. The van der Waals surface area contributed by atoms with Crippen LogP contribution in [0.15, 0.2) is 83.9 Å². The highest BCUT2D eigenvalue weighted by Crippen LogP contribution is 2.31. The van der Waals surface area contributed by atoms with Crippen LogP contribution in [0.3, 0.4) is 0 Å². The minimum atomic E-state index is -4.51. The van der Waals surface area contributed by atoms with Crippen LogP contribution in [0.4, 0.5) is 29.3 Å². The topological polar surface area (TPSA) is 83.8 Å². The fourth-order valence-electron chi connectivity index (χ4n) is 4.21. The third kappa shape index (κ3) is 6.19. The number of piperazine rings is 1. The fourth-order valence-corrected chi connectivity index (χ4v) is 4.21. The third-order valence-corrected chi connectivity index (χ3v) is 6.11. The maximum atomic E-state index is 13.3. The highest BCUT2D eigenvalue weighted by Gasteiger charge is 2.34. The lowest BCUT2D eigenvalue weighted by Crippen LogP contribution is -2.54. The summed E-state index contributed by atoms with van der Waals surface area (Å²) in [5.41, 5.74) is 1.85. The van der Waals surface area contributed by atoms with Crippen LogP contribution in [0.1, 0.15) is 22.7 Å². The maximum Gasteiger partial charge on any atom is 0.416 e. The second-order valence-corrected chi connectivity index (χ2v) is 8.55. The zero-order valence-electron chi connectivity index (χ0n) is 20.0. The zero-order chi connectivity index (χ0) is 26.4. The molecule has 0 aliphatic carbocycles. The molecule has 0 radical (unpaired) electrons. The van der Waals surface area contributed by atoms with Gasteiger partial charge in [-0.3, -0.25) is 0 Å². The van der Waals surface area contributed by atoms with Crippen LogP contribution < -0.4 is 10.6 Å². The molecule has 7 nitrogen and oxygen atoms in total. The van der Waals surface area contributed by atoms with Gasteiger partial charge in [0.05, 0.1) is 11.6 Å². The molecule has 1 fully saturated rings. The number of aliphatic imine (C=N–C) groups is 1. The van der Waals surface area contributed by atoms with Gasteiger partial charge in [-0.1, -0.05) is 54.6 Å². The van der Waals surface area contributed by atoms with Crippen LogP contribution in [0.5, 0.6) is 0 Å². The number of carbonyl (C=O) groups is 1. The molecule has 1 atom stereocenters. The Bertz CT molecular complexity index is 1320. The number of carbonyl (C=O) groups excluding carboxylic acids is 1. The molecule has 37 heavy (non-hydrogen) atoms. The van der Waals surface area contributed by atoms with E-state index < -0.39 is 23.8 Å². The van der Waals surface area contributed by atoms with Gasteiger partial charge < -0.3 is 20.4 Å². The molecule has 4 rings (SSSR count). The van der Waals surface area contributed by atoms with Crippen LogP contribution in [-0.2, 0) is 6.18 Å². The number of hydrogen-bond acceptors (Lipinski definition) is 3. The van der Waals surface area contributed by atoms with Gasteiger partial charge in [0, 0.05) is 31.0 Å². The van der Waals surface area contributed by atoms with E-state index in [9.17, 15) is 23.2 Å². The number of nitrogens with one attached hydrogen (secondary N) is 2. The maximum absolute atomic E-state index is 13.3. The molecule has 0 bridgehead atoms. The normalized spacial score (nSPS) is 16.2. The Morgan fingerprint density at radius 1 is 1.00 bits per heavy atom. The van der Waals surface area contributed by atoms with Crippen molar-refractivity contribution in [1.29, 1.82) is 5.26 Å². The summed E-state index contributed by atoms with van der Waals surface area (Å²) in [6.45, 7) is 2.87. The second kappa shape index (κ2) is 11.0. The fraction of sp³-hybridized carbons (Fsp3) is 0.222. The first-order valence-corrected chi connectivity index (χ1v) is 11.6. The highest BCUT2D eigenvalue weighted by molar-refractivity contribution is 5.95. The van der Waals surface area contributed by atoms with Crippen molar-refractivity contribution in [3.8, 4) is 6.19 Å². The van der Waals surface area contributed by atoms with E-state index in [4.69, 9.17) is 0 Å². The van der Waals surface area contributed by atoms with E-state index in [0.29, 0.717) is 19.0 Å². The van der Waals surface area contributed by atoms with Crippen LogP contribution >= 0.6 is 0 Å². The Morgan fingerprint density at radius 2 is 1.73 bits per heavy atom. The summed E-state index contributed by atoms with van der Waals surface area (Å²) in [6, 6.07) is 20.5. The molecule has 0 spiro atoms. The number of guanidine groups is 1. The number of nitrogens with zero attached hydrogens (tertiary/aromatic N) is 4. The van der Waals surface area contributed by atoms with E-state index in [0.717, 1.165) is 28.9 Å². The Morgan fingerprint density at radius 3 is 2.43 bits per heavy atom. The Balaban J connectivity index is 1.58. The molecule has 3 aromatic carbocycles. The smallest absolute Gasteiger partial charge is 0.338 e. The molecule has 1 saturated heterocycles. The average molecular weight is 507 g/mol. The van der Waals surface area contributed by atoms with Gasteiger partial charge in [0.15, 0.2) is 0 Å². The Labute approximate surface area is 212 Å². The van der Waals surface area contributed by atoms with E-state index >= 15 is 0 Å². The molecule has 2 amide bonds. The monoisotopic (exact) mass is 506 g/mol. The second-order valence-electron chi connectivity index (χ2n) is 8.55. The lowest BCUT2D eigenvalue weighted by molar-refractivity contribution is -0.137. The van der Waals surface area contributed by atoms with E-state index in [-0.39, 0.29) is 12.2 Å². The van der Waals surface area contributed by atoms with Crippen LogP contribution in [-0.4, -0.2) is 41.4 Å². The minimum Gasteiger partial charge on any atom is -0.338 e. The summed E-state index contributed by atoms with van der Waals surface area (Å²) in [6.07, 6.45) is -2.67. The molecule has 1 heterocycles. The first kappa shape index (κ1) is 25.6. The van der Waals surface area contributed by atoms with Gasteiger partial charge in [-0.05, 0) is 42.3 Å². The first-order chi connectivity index (χ1) is 17.8. The zero-order valence-corrected chi connectivity index (χ0v) is 20.0. The number of anilines is 2. The number of aryl methyl sites for hydroxylation is 1. The average Bonchev–Trinajstić information content (AvgIpc) is 2.89. The van der Waals surface area contributed by atoms with Crippen LogP contribution in [0.25, 0.3) is 0 Å². The van der Waals surface area contributed by atoms with Crippen LogP contribution in [0, 0.1) is 18.4 Å². The highest BCUT2D eigenvalue weighted by atomic mass is 19.4. The van der Waals surface area contributed by atoms with Crippen molar-refractivity contribution in [3.63, 3.8) is 0 Å². The van der Waals surface area contributed by atoms with Gasteiger partial charge in [-0.15, -0.1) is 4.99 Å². The van der Waals surface area contributed by atoms with E-state index in [1.165, 1.54) is 12.1 Å². The summed E-state index contributed by atoms with van der Waals surface area (Å²) >= 11 is 0. The predicted octanol–water partition coefficient (Wildman–Crippen LogP) is 5.85. The number of amides is 2.